The van der Waals surface area contributed by atoms with Gasteiger partial charge in [-0.1, -0.05) is 22.9 Å². The minimum atomic E-state index is -3.53. The van der Waals surface area contributed by atoms with E-state index in [0.29, 0.717) is 24.6 Å². The Labute approximate surface area is 122 Å². The van der Waals surface area contributed by atoms with Gasteiger partial charge in [0.2, 0.25) is 10.0 Å². The van der Waals surface area contributed by atoms with Gasteiger partial charge in [-0.25, -0.2) is 12.8 Å². The third-order valence-corrected chi connectivity index (χ3v) is 6.80. The van der Waals surface area contributed by atoms with E-state index in [9.17, 15) is 12.8 Å². The monoisotopic (exact) mass is 349 g/mol. The topological polar surface area (TPSA) is 37.4 Å². The van der Waals surface area contributed by atoms with Gasteiger partial charge in [0.15, 0.2) is 0 Å². The first-order chi connectivity index (χ1) is 8.82. The molecule has 1 aromatic carbocycles. The van der Waals surface area contributed by atoms with Crippen LogP contribution in [0.3, 0.4) is 0 Å². The maximum atomic E-state index is 13.1. The Balaban J connectivity index is 2.32. The minimum Gasteiger partial charge on any atom is -0.207 e. The molecule has 1 heterocycles. The standard InChI is InChI=1S/C13H17BrFNO2S/c1-9-5-6-16(8-12(9)14)19(17,18)13-4-3-11(15)7-10(13)2/h3-4,7,9,12H,5-6,8H2,1-2H3. The molecular weight excluding hydrogens is 333 g/mol. The second-order valence-corrected chi connectivity index (χ2v) is 8.14. The minimum absolute atomic E-state index is 0.164. The van der Waals surface area contributed by atoms with Gasteiger partial charge in [-0.3, -0.25) is 0 Å². The maximum Gasteiger partial charge on any atom is 0.243 e. The summed E-state index contributed by atoms with van der Waals surface area (Å²) >= 11 is 3.52. The fraction of sp³-hybridized carbons (Fsp3) is 0.538. The average molecular weight is 350 g/mol. The van der Waals surface area contributed by atoms with Crippen molar-refractivity contribution in [2.45, 2.75) is 30.0 Å². The Morgan fingerprint density at radius 1 is 1.42 bits per heavy atom. The van der Waals surface area contributed by atoms with Crippen LogP contribution in [0, 0.1) is 18.7 Å². The molecule has 0 aromatic heterocycles. The second-order valence-electron chi connectivity index (χ2n) is 5.05. The predicted molar refractivity (Wildman–Crippen MR) is 76.4 cm³/mol. The van der Waals surface area contributed by atoms with Gasteiger partial charge in [0.1, 0.15) is 5.82 Å². The summed E-state index contributed by atoms with van der Waals surface area (Å²) < 4.78 is 39.7. The summed E-state index contributed by atoms with van der Waals surface area (Å²) in [6.45, 7) is 4.70. The van der Waals surface area contributed by atoms with E-state index in [4.69, 9.17) is 0 Å². The fourth-order valence-electron chi connectivity index (χ4n) is 2.25. The van der Waals surface area contributed by atoms with Gasteiger partial charge in [0.25, 0.3) is 0 Å². The van der Waals surface area contributed by atoms with Crippen molar-refractivity contribution < 1.29 is 12.8 Å². The van der Waals surface area contributed by atoms with E-state index in [1.54, 1.807) is 6.92 Å². The molecule has 0 amide bonds. The van der Waals surface area contributed by atoms with Crippen molar-refractivity contribution in [2.24, 2.45) is 5.92 Å². The molecule has 2 rings (SSSR count). The third kappa shape index (κ3) is 3.01. The number of nitrogens with zero attached hydrogens (tertiary/aromatic N) is 1. The molecule has 6 heteroatoms. The first-order valence-electron chi connectivity index (χ1n) is 6.22. The van der Waals surface area contributed by atoms with Crippen LogP contribution in [0.25, 0.3) is 0 Å². The van der Waals surface area contributed by atoms with Crippen molar-refractivity contribution in [3.63, 3.8) is 0 Å². The van der Waals surface area contributed by atoms with Crippen molar-refractivity contribution in [1.82, 2.24) is 4.31 Å². The number of alkyl halides is 1. The fourth-order valence-corrected chi connectivity index (χ4v) is 4.75. The van der Waals surface area contributed by atoms with Crippen LogP contribution >= 0.6 is 15.9 Å². The quantitative estimate of drug-likeness (QED) is 0.769. The predicted octanol–water partition coefficient (Wildman–Crippen LogP) is 2.93. The molecule has 0 aliphatic carbocycles. The third-order valence-electron chi connectivity index (χ3n) is 3.58. The Morgan fingerprint density at radius 2 is 2.11 bits per heavy atom. The van der Waals surface area contributed by atoms with Gasteiger partial charge in [-0.15, -0.1) is 0 Å². The van der Waals surface area contributed by atoms with Crippen LogP contribution in [-0.4, -0.2) is 30.6 Å². The van der Waals surface area contributed by atoms with Crippen molar-refractivity contribution in [3.05, 3.63) is 29.6 Å². The van der Waals surface area contributed by atoms with Crippen LogP contribution in [0.4, 0.5) is 4.39 Å². The molecule has 1 aliphatic rings. The van der Waals surface area contributed by atoms with E-state index in [1.807, 2.05) is 0 Å². The molecule has 3 nitrogen and oxygen atoms in total. The highest BCUT2D eigenvalue weighted by Crippen LogP contribution is 2.28. The molecule has 0 N–H and O–H groups in total. The Hall–Kier alpha value is -0.460. The van der Waals surface area contributed by atoms with Crippen LogP contribution in [0.2, 0.25) is 0 Å². The molecule has 0 saturated carbocycles. The van der Waals surface area contributed by atoms with Crippen LogP contribution in [0.15, 0.2) is 23.1 Å². The van der Waals surface area contributed by atoms with Gasteiger partial charge in [0, 0.05) is 17.9 Å². The molecule has 1 aromatic rings. The lowest BCUT2D eigenvalue weighted by molar-refractivity contribution is 0.299. The summed E-state index contributed by atoms with van der Waals surface area (Å²) in [7, 11) is -3.53. The zero-order valence-electron chi connectivity index (χ0n) is 10.9. The number of sulfonamides is 1. The molecule has 106 valence electrons. The Kier molecular flexibility index (Phi) is 4.32. The molecule has 0 radical (unpaired) electrons. The molecule has 2 atom stereocenters. The Bertz CT molecular complexity index is 576. The number of hydrogen-bond acceptors (Lipinski definition) is 2. The molecular formula is C13H17BrFNO2S. The maximum absolute atomic E-state index is 13.1. The van der Waals surface area contributed by atoms with Crippen molar-refractivity contribution in [2.75, 3.05) is 13.1 Å². The zero-order valence-corrected chi connectivity index (χ0v) is 13.3. The van der Waals surface area contributed by atoms with E-state index in [-0.39, 0.29) is 9.72 Å². The highest BCUT2D eigenvalue weighted by Gasteiger charge is 2.33. The molecule has 19 heavy (non-hydrogen) atoms. The van der Waals surface area contributed by atoms with Crippen LogP contribution < -0.4 is 0 Å². The summed E-state index contributed by atoms with van der Waals surface area (Å²) in [6, 6.07) is 3.80. The highest BCUT2D eigenvalue weighted by molar-refractivity contribution is 9.09. The zero-order chi connectivity index (χ0) is 14.2. The highest BCUT2D eigenvalue weighted by atomic mass is 79.9. The number of hydrogen-bond donors (Lipinski definition) is 0. The number of halogens is 2. The number of aryl methyl sites for hydroxylation is 1. The van der Waals surface area contributed by atoms with Crippen molar-refractivity contribution >= 4 is 26.0 Å². The van der Waals surface area contributed by atoms with Crippen molar-refractivity contribution in [1.29, 1.82) is 0 Å². The number of benzene rings is 1. The lowest BCUT2D eigenvalue weighted by Gasteiger charge is -2.33. The summed E-state index contributed by atoms with van der Waals surface area (Å²) in [4.78, 5) is 0.361. The molecule has 0 spiro atoms. The normalized spacial score (nSPS) is 25.5. The molecule has 1 aliphatic heterocycles. The smallest absolute Gasteiger partial charge is 0.207 e. The van der Waals surface area contributed by atoms with Gasteiger partial charge < -0.3 is 0 Å². The Morgan fingerprint density at radius 3 is 2.68 bits per heavy atom. The number of rotatable bonds is 2. The first-order valence-corrected chi connectivity index (χ1v) is 8.58. The summed E-state index contributed by atoms with van der Waals surface area (Å²) in [6.07, 6.45) is 0.829. The van der Waals surface area contributed by atoms with Gasteiger partial charge in [0.05, 0.1) is 4.90 Å². The van der Waals surface area contributed by atoms with Gasteiger partial charge in [-0.2, -0.15) is 4.31 Å². The van der Waals surface area contributed by atoms with Gasteiger partial charge >= 0.3 is 0 Å². The van der Waals surface area contributed by atoms with E-state index in [0.717, 1.165) is 6.42 Å². The summed E-state index contributed by atoms with van der Waals surface area (Å²) in [5.74, 6) is 0.0443. The molecule has 1 fully saturated rings. The lowest BCUT2D eigenvalue weighted by Crippen LogP contribution is -2.43. The number of piperidine rings is 1. The molecule has 0 bridgehead atoms. The van der Waals surface area contributed by atoms with Crippen LogP contribution in [0.5, 0.6) is 0 Å². The molecule has 2 unspecified atom stereocenters. The largest absolute Gasteiger partial charge is 0.243 e. The van der Waals surface area contributed by atoms with Crippen LogP contribution in [-0.2, 0) is 10.0 Å². The summed E-state index contributed by atoms with van der Waals surface area (Å²) in [5.41, 5.74) is 0.449. The van der Waals surface area contributed by atoms with E-state index < -0.39 is 15.8 Å². The van der Waals surface area contributed by atoms with E-state index >= 15 is 0 Å². The SMILES string of the molecule is Cc1cc(F)ccc1S(=O)(=O)N1CCC(C)C(Br)C1. The molecule has 1 saturated heterocycles. The van der Waals surface area contributed by atoms with E-state index in [2.05, 4.69) is 22.9 Å². The second kappa shape index (κ2) is 5.50. The average Bonchev–Trinajstić information content (AvgIpc) is 2.32. The summed E-state index contributed by atoms with van der Waals surface area (Å²) in [5, 5.41) is 0. The lowest BCUT2D eigenvalue weighted by atomic mass is 10.0. The van der Waals surface area contributed by atoms with Gasteiger partial charge in [-0.05, 0) is 43.0 Å². The van der Waals surface area contributed by atoms with Crippen molar-refractivity contribution in [3.8, 4) is 0 Å². The van der Waals surface area contributed by atoms with Crippen LogP contribution in [0.1, 0.15) is 18.9 Å². The first kappa shape index (κ1) is 14.9. The van der Waals surface area contributed by atoms with E-state index in [1.165, 1.54) is 22.5 Å².